The average Bonchev–Trinajstić information content (AvgIpc) is 2.45. The number of alkyl halides is 1. The second-order valence-corrected chi connectivity index (χ2v) is 7.58. The number of hydrogen-bond acceptors (Lipinski definition) is 1. The van der Waals surface area contributed by atoms with Gasteiger partial charge in [0.1, 0.15) is 5.75 Å². The summed E-state index contributed by atoms with van der Waals surface area (Å²) < 4.78 is 5.81. The van der Waals surface area contributed by atoms with Crippen molar-refractivity contribution < 1.29 is 4.74 Å². The SMILES string of the molecule is CC(C)(C)c1ccc(OCCCCCCCCCBr)cc1. The van der Waals surface area contributed by atoms with E-state index in [4.69, 9.17) is 4.74 Å². The van der Waals surface area contributed by atoms with Crippen molar-refractivity contribution in [2.24, 2.45) is 0 Å². The molecule has 0 aliphatic rings. The van der Waals surface area contributed by atoms with Gasteiger partial charge in [-0.1, -0.05) is 80.9 Å². The van der Waals surface area contributed by atoms with E-state index in [1.807, 2.05) is 0 Å². The van der Waals surface area contributed by atoms with E-state index in [1.54, 1.807) is 0 Å². The normalized spacial score (nSPS) is 11.6. The van der Waals surface area contributed by atoms with Crippen molar-refractivity contribution in [2.45, 2.75) is 71.1 Å². The number of ether oxygens (including phenoxy) is 1. The number of benzene rings is 1. The summed E-state index contributed by atoms with van der Waals surface area (Å²) in [5.41, 5.74) is 1.58. The molecule has 120 valence electrons. The van der Waals surface area contributed by atoms with Crippen LogP contribution in [0.4, 0.5) is 0 Å². The van der Waals surface area contributed by atoms with Crippen molar-refractivity contribution in [1.82, 2.24) is 0 Å². The molecule has 0 spiro atoms. The standard InChI is InChI=1S/C19H31BrO/c1-19(2,3)17-11-13-18(14-12-17)21-16-10-8-6-4-5-7-9-15-20/h11-14H,4-10,15-16H2,1-3H3. The van der Waals surface area contributed by atoms with E-state index in [0.717, 1.165) is 17.7 Å². The molecule has 0 aromatic heterocycles. The Balaban J connectivity index is 2.08. The number of unbranched alkanes of at least 4 members (excludes halogenated alkanes) is 6. The maximum Gasteiger partial charge on any atom is 0.119 e. The van der Waals surface area contributed by atoms with E-state index in [2.05, 4.69) is 61.0 Å². The van der Waals surface area contributed by atoms with Crippen molar-refractivity contribution in [1.29, 1.82) is 0 Å². The van der Waals surface area contributed by atoms with Crippen molar-refractivity contribution in [3.63, 3.8) is 0 Å². The molecule has 0 unspecified atom stereocenters. The first kappa shape index (κ1) is 18.5. The van der Waals surface area contributed by atoms with E-state index in [0.29, 0.717) is 0 Å². The Kier molecular flexibility index (Phi) is 9.07. The van der Waals surface area contributed by atoms with Crippen LogP contribution in [0.5, 0.6) is 5.75 Å². The van der Waals surface area contributed by atoms with E-state index in [1.165, 1.54) is 50.5 Å². The van der Waals surface area contributed by atoms with E-state index >= 15 is 0 Å². The third kappa shape index (κ3) is 8.50. The van der Waals surface area contributed by atoms with Gasteiger partial charge in [-0.2, -0.15) is 0 Å². The van der Waals surface area contributed by atoms with Crippen LogP contribution >= 0.6 is 15.9 Å². The maximum absolute atomic E-state index is 5.81. The molecule has 2 heteroatoms. The molecule has 0 fully saturated rings. The summed E-state index contributed by atoms with van der Waals surface area (Å²) in [5, 5.41) is 1.15. The molecule has 1 aromatic rings. The summed E-state index contributed by atoms with van der Waals surface area (Å²) in [4.78, 5) is 0. The lowest BCUT2D eigenvalue weighted by Gasteiger charge is -2.19. The lowest BCUT2D eigenvalue weighted by molar-refractivity contribution is 0.304. The largest absolute Gasteiger partial charge is 0.494 e. The first-order valence-electron chi connectivity index (χ1n) is 8.33. The summed E-state index contributed by atoms with van der Waals surface area (Å²) >= 11 is 3.47. The van der Waals surface area contributed by atoms with Crippen molar-refractivity contribution in [3.8, 4) is 5.75 Å². The Morgan fingerprint density at radius 1 is 0.810 bits per heavy atom. The van der Waals surface area contributed by atoms with Crippen LogP contribution in [0.3, 0.4) is 0 Å². The fourth-order valence-electron chi connectivity index (χ4n) is 2.32. The lowest BCUT2D eigenvalue weighted by atomic mass is 9.87. The third-order valence-corrected chi connectivity index (χ3v) is 4.33. The van der Waals surface area contributed by atoms with Crippen LogP contribution in [0.15, 0.2) is 24.3 Å². The van der Waals surface area contributed by atoms with Crippen LogP contribution in [0.25, 0.3) is 0 Å². The zero-order valence-electron chi connectivity index (χ0n) is 14.0. The second-order valence-electron chi connectivity index (χ2n) is 6.79. The molecule has 0 N–H and O–H groups in total. The van der Waals surface area contributed by atoms with Gasteiger partial charge in [-0.05, 0) is 36.0 Å². The highest BCUT2D eigenvalue weighted by molar-refractivity contribution is 9.09. The zero-order valence-corrected chi connectivity index (χ0v) is 15.5. The molecule has 0 aliphatic heterocycles. The second kappa shape index (κ2) is 10.3. The van der Waals surface area contributed by atoms with E-state index in [9.17, 15) is 0 Å². The molecule has 0 heterocycles. The highest BCUT2D eigenvalue weighted by Crippen LogP contribution is 2.24. The molecule has 21 heavy (non-hydrogen) atoms. The first-order chi connectivity index (χ1) is 10.0. The van der Waals surface area contributed by atoms with Gasteiger partial charge in [0.25, 0.3) is 0 Å². The van der Waals surface area contributed by atoms with Gasteiger partial charge in [-0.15, -0.1) is 0 Å². The molecular weight excluding hydrogens is 324 g/mol. The van der Waals surface area contributed by atoms with Crippen LogP contribution in [-0.2, 0) is 5.41 Å². The van der Waals surface area contributed by atoms with Gasteiger partial charge >= 0.3 is 0 Å². The molecule has 1 nitrogen and oxygen atoms in total. The van der Waals surface area contributed by atoms with Crippen LogP contribution in [-0.4, -0.2) is 11.9 Å². The molecule has 0 bridgehead atoms. The molecule has 0 atom stereocenters. The molecule has 0 saturated heterocycles. The van der Waals surface area contributed by atoms with Gasteiger partial charge in [-0.3, -0.25) is 0 Å². The predicted octanol–water partition coefficient (Wildman–Crippen LogP) is 6.49. The zero-order chi connectivity index (χ0) is 15.6. The minimum atomic E-state index is 0.216. The van der Waals surface area contributed by atoms with Crippen molar-refractivity contribution >= 4 is 15.9 Å². The minimum Gasteiger partial charge on any atom is -0.494 e. The quantitative estimate of drug-likeness (QED) is 0.344. The van der Waals surface area contributed by atoms with E-state index < -0.39 is 0 Å². The van der Waals surface area contributed by atoms with Crippen LogP contribution in [0.2, 0.25) is 0 Å². The monoisotopic (exact) mass is 354 g/mol. The Hall–Kier alpha value is -0.500. The Labute approximate surface area is 139 Å². The smallest absolute Gasteiger partial charge is 0.119 e. The van der Waals surface area contributed by atoms with Gasteiger partial charge in [0, 0.05) is 5.33 Å². The predicted molar refractivity (Wildman–Crippen MR) is 96.8 cm³/mol. The summed E-state index contributed by atoms with van der Waals surface area (Å²) in [7, 11) is 0. The Morgan fingerprint density at radius 2 is 1.33 bits per heavy atom. The number of halogens is 1. The van der Waals surface area contributed by atoms with Gasteiger partial charge < -0.3 is 4.74 Å². The maximum atomic E-state index is 5.81. The van der Waals surface area contributed by atoms with Gasteiger partial charge in [-0.25, -0.2) is 0 Å². The highest BCUT2D eigenvalue weighted by Gasteiger charge is 2.12. The molecular formula is C19H31BrO. The fraction of sp³-hybridized carbons (Fsp3) is 0.684. The molecule has 0 radical (unpaired) electrons. The fourth-order valence-corrected chi connectivity index (χ4v) is 2.72. The van der Waals surface area contributed by atoms with Crippen LogP contribution in [0.1, 0.15) is 71.3 Å². The third-order valence-electron chi connectivity index (χ3n) is 3.77. The average molecular weight is 355 g/mol. The first-order valence-corrected chi connectivity index (χ1v) is 9.45. The van der Waals surface area contributed by atoms with Crippen molar-refractivity contribution in [3.05, 3.63) is 29.8 Å². The molecule has 0 amide bonds. The number of hydrogen-bond donors (Lipinski definition) is 0. The molecule has 1 rings (SSSR count). The lowest BCUT2D eigenvalue weighted by Crippen LogP contribution is -2.10. The number of rotatable bonds is 10. The van der Waals surface area contributed by atoms with Gasteiger partial charge in [0.05, 0.1) is 6.61 Å². The summed E-state index contributed by atoms with van der Waals surface area (Å²) in [6.07, 6.45) is 9.21. The Morgan fingerprint density at radius 3 is 1.86 bits per heavy atom. The van der Waals surface area contributed by atoms with Crippen molar-refractivity contribution in [2.75, 3.05) is 11.9 Å². The highest BCUT2D eigenvalue weighted by atomic mass is 79.9. The van der Waals surface area contributed by atoms with Gasteiger partial charge in [0.15, 0.2) is 0 Å². The Bertz CT molecular complexity index is 364. The van der Waals surface area contributed by atoms with E-state index in [-0.39, 0.29) is 5.41 Å². The summed E-state index contributed by atoms with van der Waals surface area (Å²) in [6.45, 7) is 7.55. The molecule has 0 aliphatic carbocycles. The minimum absolute atomic E-state index is 0.216. The summed E-state index contributed by atoms with van der Waals surface area (Å²) in [5.74, 6) is 1.00. The van der Waals surface area contributed by atoms with Gasteiger partial charge in [0.2, 0.25) is 0 Å². The molecule has 1 aromatic carbocycles. The molecule has 0 saturated carbocycles. The van der Waals surface area contributed by atoms with Crippen LogP contribution in [0, 0.1) is 0 Å². The summed E-state index contributed by atoms with van der Waals surface area (Å²) in [6, 6.07) is 8.56. The topological polar surface area (TPSA) is 9.23 Å². The van der Waals surface area contributed by atoms with Crippen LogP contribution < -0.4 is 4.74 Å².